The third-order valence-electron chi connectivity index (χ3n) is 7.88. The molecule has 1 aliphatic carbocycles. The maximum absolute atomic E-state index is 13.5. The lowest BCUT2D eigenvalue weighted by Crippen LogP contribution is -2.40. The van der Waals surface area contributed by atoms with Crippen LogP contribution in [0.2, 0.25) is 0 Å². The maximum Gasteiger partial charge on any atom is 0.322 e. The number of nitrogens with zero attached hydrogens (tertiary/aromatic N) is 2. The van der Waals surface area contributed by atoms with E-state index in [0.717, 1.165) is 36.4 Å². The van der Waals surface area contributed by atoms with Crippen molar-refractivity contribution in [1.82, 2.24) is 9.80 Å². The van der Waals surface area contributed by atoms with E-state index >= 15 is 0 Å². The number of nitrogens with one attached hydrogen (secondary N) is 1. The number of likely N-dealkylation sites (tertiary alicyclic amines) is 1. The number of fused-ring (bicyclic) bond motifs is 3. The molecule has 0 aromatic heterocycles. The number of urea groups is 1. The van der Waals surface area contributed by atoms with Gasteiger partial charge in [-0.1, -0.05) is 48.5 Å². The van der Waals surface area contributed by atoms with E-state index in [1.54, 1.807) is 11.0 Å². The van der Waals surface area contributed by atoms with Crippen molar-refractivity contribution in [2.24, 2.45) is 11.8 Å². The number of hydrogen-bond acceptors (Lipinski definition) is 2. The first-order chi connectivity index (χ1) is 16.6. The minimum Gasteiger partial charge on any atom is -0.316 e. The Morgan fingerprint density at radius 3 is 2.32 bits per heavy atom. The quantitative estimate of drug-likeness (QED) is 0.524. The van der Waals surface area contributed by atoms with Gasteiger partial charge in [-0.15, -0.1) is 0 Å². The van der Waals surface area contributed by atoms with Gasteiger partial charge >= 0.3 is 6.03 Å². The van der Waals surface area contributed by atoms with Crippen molar-refractivity contribution in [2.45, 2.75) is 38.4 Å². The number of rotatable bonds is 4. The molecule has 4 nitrogen and oxygen atoms in total. The van der Waals surface area contributed by atoms with Gasteiger partial charge in [0.1, 0.15) is 5.82 Å². The molecule has 3 aromatic rings. The van der Waals surface area contributed by atoms with Crippen molar-refractivity contribution in [2.75, 3.05) is 18.4 Å². The lowest BCUT2D eigenvalue weighted by molar-refractivity contribution is 0.138. The zero-order valence-electron chi connectivity index (χ0n) is 19.3. The molecule has 1 N–H and O–H groups in total. The van der Waals surface area contributed by atoms with Gasteiger partial charge in [0.2, 0.25) is 0 Å². The number of carbonyl (C=O) groups is 1. The second-order valence-electron chi connectivity index (χ2n) is 10.1. The van der Waals surface area contributed by atoms with Crippen LogP contribution in [0.5, 0.6) is 0 Å². The van der Waals surface area contributed by atoms with Crippen LogP contribution in [-0.2, 0) is 19.6 Å². The molecule has 3 aromatic carbocycles. The van der Waals surface area contributed by atoms with E-state index in [4.69, 9.17) is 0 Å². The van der Waals surface area contributed by atoms with Gasteiger partial charge in [0.15, 0.2) is 0 Å². The van der Waals surface area contributed by atoms with E-state index in [9.17, 15) is 9.18 Å². The van der Waals surface area contributed by atoms with Gasteiger partial charge in [-0.05, 0) is 77.1 Å². The van der Waals surface area contributed by atoms with Gasteiger partial charge in [0, 0.05) is 38.4 Å². The van der Waals surface area contributed by atoms with Crippen molar-refractivity contribution < 1.29 is 9.18 Å². The molecule has 174 valence electrons. The highest BCUT2D eigenvalue weighted by molar-refractivity contribution is 5.89. The number of hydrogen-bond donors (Lipinski definition) is 1. The van der Waals surface area contributed by atoms with Crippen molar-refractivity contribution in [3.05, 3.63) is 101 Å². The first-order valence-electron chi connectivity index (χ1n) is 12.3. The second-order valence-corrected chi connectivity index (χ2v) is 10.1. The molecule has 2 unspecified atom stereocenters. The van der Waals surface area contributed by atoms with Gasteiger partial charge < -0.3 is 10.2 Å². The van der Waals surface area contributed by atoms with Crippen LogP contribution in [0.15, 0.2) is 72.8 Å². The zero-order chi connectivity index (χ0) is 23.1. The summed E-state index contributed by atoms with van der Waals surface area (Å²) in [6.07, 6.45) is 2.60. The highest BCUT2D eigenvalue weighted by Crippen LogP contribution is 2.48. The number of piperidine rings is 1. The minimum absolute atomic E-state index is 0.140. The topological polar surface area (TPSA) is 35.6 Å². The molecule has 2 bridgehead atoms. The van der Waals surface area contributed by atoms with Crippen molar-refractivity contribution in [3.63, 3.8) is 0 Å². The first-order valence-corrected chi connectivity index (χ1v) is 12.3. The van der Waals surface area contributed by atoms with E-state index in [-0.39, 0.29) is 11.8 Å². The summed E-state index contributed by atoms with van der Waals surface area (Å²) in [4.78, 5) is 17.1. The van der Waals surface area contributed by atoms with Crippen LogP contribution in [0.25, 0.3) is 0 Å². The lowest BCUT2D eigenvalue weighted by Gasteiger charge is -2.38. The Kier molecular flexibility index (Phi) is 5.58. The maximum atomic E-state index is 13.5. The van der Waals surface area contributed by atoms with Gasteiger partial charge in [0.25, 0.3) is 0 Å². The Hall–Kier alpha value is -3.18. The molecule has 0 radical (unpaired) electrons. The van der Waals surface area contributed by atoms with Gasteiger partial charge in [-0.25, -0.2) is 9.18 Å². The van der Waals surface area contributed by atoms with Crippen LogP contribution in [0, 0.1) is 17.7 Å². The van der Waals surface area contributed by atoms with Crippen LogP contribution < -0.4 is 5.32 Å². The molecule has 5 heteroatoms. The molecule has 6 rings (SSSR count). The molecule has 2 fully saturated rings. The van der Waals surface area contributed by atoms with Crippen LogP contribution in [-0.4, -0.2) is 28.9 Å². The molecule has 34 heavy (non-hydrogen) atoms. The number of benzene rings is 3. The molecule has 1 saturated carbocycles. The highest BCUT2D eigenvalue weighted by Gasteiger charge is 2.42. The molecule has 2 amide bonds. The molecule has 2 aliphatic heterocycles. The predicted molar refractivity (Wildman–Crippen MR) is 132 cm³/mol. The van der Waals surface area contributed by atoms with E-state index in [0.29, 0.717) is 30.8 Å². The Balaban J connectivity index is 1.08. The summed E-state index contributed by atoms with van der Waals surface area (Å²) in [7, 11) is 0. The van der Waals surface area contributed by atoms with Crippen LogP contribution in [0.3, 0.4) is 0 Å². The van der Waals surface area contributed by atoms with Crippen molar-refractivity contribution in [1.29, 1.82) is 0 Å². The standard InChI is InChI=1S/C29H30FN3O/c30-26-11-8-22-18-33(19-25(22)14-26)29(34)31-27-12-9-21(10-13-27)28-23-6-7-24(28)17-32(16-23)15-20-4-2-1-3-5-20/h1-5,8-14,23-24,28H,6-7,15-19H2,(H,31,34). The minimum atomic E-state index is -0.253. The second kappa shape index (κ2) is 8.88. The molecule has 0 spiro atoms. The average Bonchev–Trinajstić information content (AvgIpc) is 3.38. The summed E-state index contributed by atoms with van der Waals surface area (Å²) in [6, 6.07) is 23.9. The fourth-order valence-electron chi connectivity index (χ4n) is 6.33. The SMILES string of the molecule is O=C(Nc1ccc(C2C3CCC2CN(Cc2ccccc2)C3)cc1)N1Cc2ccc(F)cc2C1. The molecule has 2 atom stereocenters. The fraction of sp³-hybridized carbons (Fsp3) is 0.345. The summed E-state index contributed by atoms with van der Waals surface area (Å²) in [5.41, 5.74) is 5.51. The Bertz CT molecular complexity index is 1170. The Morgan fingerprint density at radius 1 is 0.882 bits per heavy atom. The smallest absolute Gasteiger partial charge is 0.316 e. The van der Waals surface area contributed by atoms with E-state index in [1.165, 1.54) is 36.1 Å². The van der Waals surface area contributed by atoms with Gasteiger partial charge in [-0.3, -0.25) is 4.90 Å². The largest absolute Gasteiger partial charge is 0.322 e. The summed E-state index contributed by atoms with van der Waals surface area (Å²) in [5, 5.41) is 3.02. The predicted octanol–water partition coefficient (Wildman–Crippen LogP) is 6.00. The van der Waals surface area contributed by atoms with Crippen LogP contribution >= 0.6 is 0 Å². The highest BCUT2D eigenvalue weighted by atomic mass is 19.1. The van der Waals surface area contributed by atoms with Crippen molar-refractivity contribution in [3.8, 4) is 0 Å². The third-order valence-corrected chi connectivity index (χ3v) is 7.88. The fourth-order valence-corrected chi connectivity index (χ4v) is 6.33. The molecule has 2 heterocycles. The van der Waals surface area contributed by atoms with Gasteiger partial charge in [0.05, 0.1) is 0 Å². The summed E-state index contributed by atoms with van der Waals surface area (Å²) < 4.78 is 13.5. The number of halogens is 1. The normalized spacial score (nSPS) is 23.7. The summed E-state index contributed by atoms with van der Waals surface area (Å²) >= 11 is 0. The van der Waals surface area contributed by atoms with Gasteiger partial charge in [-0.2, -0.15) is 0 Å². The molecule has 3 aliphatic rings. The van der Waals surface area contributed by atoms with E-state index in [1.807, 2.05) is 12.1 Å². The van der Waals surface area contributed by atoms with E-state index in [2.05, 4.69) is 52.7 Å². The Morgan fingerprint density at radius 2 is 1.59 bits per heavy atom. The number of anilines is 1. The van der Waals surface area contributed by atoms with Crippen LogP contribution in [0.1, 0.15) is 41.0 Å². The molecular weight excluding hydrogens is 425 g/mol. The summed E-state index contributed by atoms with van der Waals surface area (Å²) in [5.74, 6) is 1.76. The number of carbonyl (C=O) groups excluding carboxylic acids is 1. The van der Waals surface area contributed by atoms with Crippen molar-refractivity contribution >= 4 is 11.7 Å². The molecular formula is C29H30FN3O. The zero-order valence-corrected chi connectivity index (χ0v) is 19.3. The Labute approximate surface area is 200 Å². The lowest BCUT2D eigenvalue weighted by atomic mass is 9.80. The summed E-state index contributed by atoms with van der Waals surface area (Å²) in [6.45, 7) is 4.32. The van der Waals surface area contributed by atoms with Crippen LogP contribution in [0.4, 0.5) is 14.9 Å². The monoisotopic (exact) mass is 455 g/mol. The molecule has 1 saturated heterocycles. The van der Waals surface area contributed by atoms with E-state index < -0.39 is 0 Å². The average molecular weight is 456 g/mol. The first kappa shape index (κ1) is 21.4. The third kappa shape index (κ3) is 4.21. The number of amides is 2.